The monoisotopic (exact) mass is 472 g/mol. The van der Waals surface area contributed by atoms with E-state index in [1.165, 1.54) is 23.8 Å². The zero-order valence-corrected chi connectivity index (χ0v) is 20.5. The molecular formula is C24H28N2O4S2. The lowest BCUT2D eigenvalue weighted by molar-refractivity contribution is 0.0696. The van der Waals surface area contributed by atoms with Gasteiger partial charge in [-0.1, -0.05) is 51.1 Å². The molecule has 0 fully saturated rings. The number of rotatable bonds is 7. The molecule has 0 unspecified atom stereocenters. The molecule has 32 heavy (non-hydrogen) atoms. The minimum absolute atomic E-state index is 0.0228. The maximum Gasteiger partial charge on any atom is 0.335 e. The third kappa shape index (κ3) is 5.43. The molecule has 3 rings (SSSR count). The van der Waals surface area contributed by atoms with Crippen LogP contribution in [0.3, 0.4) is 0 Å². The van der Waals surface area contributed by atoms with Crippen LogP contribution in [0.25, 0.3) is 10.6 Å². The van der Waals surface area contributed by atoms with Crippen molar-refractivity contribution < 1.29 is 18.3 Å². The molecule has 0 saturated carbocycles. The van der Waals surface area contributed by atoms with Crippen molar-refractivity contribution in [3.8, 4) is 10.6 Å². The van der Waals surface area contributed by atoms with E-state index in [-0.39, 0.29) is 22.4 Å². The van der Waals surface area contributed by atoms with Crippen LogP contribution in [0.4, 0.5) is 0 Å². The molecule has 0 atom stereocenters. The lowest BCUT2D eigenvalue weighted by Gasteiger charge is -2.18. The van der Waals surface area contributed by atoms with Gasteiger partial charge in [-0.3, -0.25) is 0 Å². The minimum atomic E-state index is -3.82. The van der Waals surface area contributed by atoms with Crippen molar-refractivity contribution in [1.82, 2.24) is 9.71 Å². The number of aromatic nitrogens is 1. The zero-order valence-electron chi connectivity index (χ0n) is 18.9. The summed E-state index contributed by atoms with van der Waals surface area (Å²) < 4.78 is 27.8. The first kappa shape index (κ1) is 24.1. The number of sulfonamides is 1. The molecule has 1 heterocycles. The summed E-state index contributed by atoms with van der Waals surface area (Å²) in [4.78, 5) is 17.0. The van der Waals surface area contributed by atoms with Crippen molar-refractivity contribution in [1.29, 1.82) is 0 Å². The Morgan fingerprint density at radius 1 is 1.09 bits per heavy atom. The number of nitrogens with zero attached hydrogens (tertiary/aromatic N) is 1. The molecule has 0 bridgehead atoms. The number of aryl methyl sites for hydroxylation is 2. The molecule has 0 radical (unpaired) electrons. The standard InChI is InChI=1S/C24H28N2O4S2/c1-15-6-11-19(14-20(15)23(27)28)32(29,30)25-13-12-21-16(2)31-22(26-21)17-7-9-18(10-8-17)24(3,4)5/h6-11,14,25H,12-13H2,1-5H3,(H,27,28). The van der Waals surface area contributed by atoms with E-state index in [1.54, 1.807) is 18.3 Å². The first-order valence-electron chi connectivity index (χ1n) is 10.3. The van der Waals surface area contributed by atoms with Crippen LogP contribution in [0.5, 0.6) is 0 Å². The summed E-state index contributed by atoms with van der Waals surface area (Å²) in [5.74, 6) is -1.15. The zero-order chi connectivity index (χ0) is 23.7. The Labute approximate surface area is 193 Å². The van der Waals surface area contributed by atoms with Gasteiger partial charge in [-0.2, -0.15) is 0 Å². The highest BCUT2D eigenvalue weighted by atomic mass is 32.2. The van der Waals surface area contributed by atoms with Crippen molar-refractivity contribution in [3.63, 3.8) is 0 Å². The summed E-state index contributed by atoms with van der Waals surface area (Å²) in [7, 11) is -3.82. The van der Waals surface area contributed by atoms with Gasteiger partial charge in [-0.25, -0.2) is 22.9 Å². The molecule has 1 aromatic heterocycles. The quantitative estimate of drug-likeness (QED) is 0.507. The Bertz CT molecular complexity index is 1240. The SMILES string of the molecule is Cc1ccc(S(=O)(=O)NCCc2nc(-c3ccc(C(C)(C)C)cc3)sc2C)cc1C(=O)O. The predicted molar refractivity (Wildman–Crippen MR) is 128 cm³/mol. The normalized spacial score (nSPS) is 12.2. The van der Waals surface area contributed by atoms with Crippen LogP contribution in [0, 0.1) is 13.8 Å². The van der Waals surface area contributed by atoms with E-state index in [1.807, 2.05) is 6.92 Å². The van der Waals surface area contributed by atoms with Gasteiger partial charge in [-0.05, 0) is 42.5 Å². The topological polar surface area (TPSA) is 96.4 Å². The minimum Gasteiger partial charge on any atom is -0.478 e. The second-order valence-electron chi connectivity index (χ2n) is 8.78. The molecular weight excluding hydrogens is 444 g/mol. The number of carbonyl (C=O) groups is 1. The fourth-order valence-electron chi connectivity index (χ4n) is 3.28. The molecule has 0 aliphatic heterocycles. The summed E-state index contributed by atoms with van der Waals surface area (Å²) in [6.07, 6.45) is 0.444. The molecule has 0 spiro atoms. The van der Waals surface area contributed by atoms with Crippen LogP contribution in [0.2, 0.25) is 0 Å². The van der Waals surface area contributed by atoms with Gasteiger partial charge in [-0.15, -0.1) is 11.3 Å². The third-order valence-corrected chi connectivity index (χ3v) is 7.82. The molecule has 170 valence electrons. The molecule has 0 aliphatic rings. The Kier molecular flexibility index (Phi) is 6.88. The number of aromatic carboxylic acids is 1. The number of thiazole rings is 1. The van der Waals surface area contributed by atoms with Crippen molar-refractivity contribution in [2.75, 3.05) is 6.54 Å². The molecule has 0 aliphatic carbocycles. The van der Waals surface area contributed by atoms with Crippen molar-refractivity contribution in [2.45, 2.75) is 51.3 Å². The van der Waals surface area contributed by atoms with E-state index >= 15 is 0 Å². The van der Waals surface area contributed by atoms with Crippen LogP contribution < -0.4 is 4.72 Å². The summed E-state index contributed by atoms with van der Waals surface area (Å²) in [5, 5.41) is 10.1. The van der Waals surface area contributed by atoms with E-state index < -0.39 is 16.0 Å². The number of benzene rings is 2. The molecule has 2 aromatic carbocycles. The summed E-state index contributed by atoms with van der Waals surface area (Å²) in [5.41, 5.74) is 3.72. The molecule has 0 saturated heterocycles. The third-order valence-electron chi connectivity index (χ3n) is 5.29. The lowest BCUT2D eigenvalue weighted by atomic mass is 9.87. The highest BCUT2D eigenvalue weighted by molar-refractivity contribution is 7.89. The number of carboxylic acid groups (broad SMARTS) is 1. The van der Waals surface area contributed by atoms with Gasteiger partial charge in [0.05, 0.1) is 16.2 Å². The number of hydrogen-bond acceptors (Lipinski definition) is 5. The smallest absolute Gasteiger partial charge is 0.335 e. The fraction of sp³-hybridized carbons (Fsp3) is 0.333. The molecule has 6 nitrogen and oxygen atoms in total. The van der Waals surface area contributed by atoms with E-state index in [4.69, 9.17) is 4.98 Å². The van der Waals surface area contributed by atoms with Crippen LogP contribution in [-0.2, 0) is 21.9 Å². The van der Waals surface area contributed by atoms with E-state index in [2.05, 4.69) is 49.8 Å². The summed E-state index contributed by atoms with van der Waals surface area (Å²) >= 11 is 1.59. The van der Waals surface area contributed by atoms with Gasteiger partial charge in [0, 0.05) is 23.4 Å². The van der Waals surface area contributed by atoms with Gasteiger partial charge in [0.15, 0.2) is 0 Å². The Morgan fingerprint density at radius 2 is 1.75 bits per heavy atom. The van der Waals surface area contributed by atoms with Crippen molar-refractivity contribution in [3.05, 3.63) is 69.7 Å². The highest BCUT2D eigenvalue weighted by Gasteiger charge is 2.19. The predicted octanol–water partition coefficient (Wildman–Crippen LogP) is 4.94. The van der Waals surface area contributed by atoms with Crippen LogP contribution in [0.1, 0.15) is 52.8 Å². The fourth-order valence-corrected chi connectivity index (χ4v) is 5.31. The van der Waals surface area contributed by atoms with Gasteiger partial charge >= 0.3 is 5.97 Å². The van der Waals surface area contributed by atoms with Crippen LogP contribution in [-0.4, -0.2) is 31.0 Å². The van der Waals surface area contributed by atoms with Crippen molar-refractivity contribution in [2.24, 2.45) is 0 Å². The maximum absolute atomic E-state index is 12.6. The average molecular weight is 473 g/mol. The van der Waals surface area contributed by atoms with E-state index in [9.17, 15) is 18.3 Å². The molecule has 3 aromatic rings. The van der Waals surface area contributed by atoms with Gasteiger partial charge < -0.3 is 5.11 Å². The first-order valence-corrected chi connectivity index (χ1v) is 12.6. The van der Waals surface area contributed by atoms with E-state index in [0.29, 0.717) is 12.0 Å². The second-order valence-corrected chi connectivity index (χ2v) is 11.7. The van der Waals surface area contributed by atoms with E-state index in [0.717, 1.165) is 21.1 Å². The second kappa shape index (κ2) is 9.13. The van der Waals surface area contributed by atoms with Gasteiger partial charge in [0.2, 0.25) is 10.0 Å². The van der Waals surface area contributed by atoms with Gasteiger partial charge in [0.25, 0.3) is 0 Å². The number of carboxylic acids is 1. The van der Waals surface area contributed by atoms with Gasteiger partial charge in [0.1, 0.15) is 5.01 Å². The Balaban J connectivity index is 1.70. The maximum atomic E-state index is 12.6. The first-order chi connectivity index (χ1) is 14.9. The summed E-state index contributed by atoms with van der Waals surface area (Å²) in [6, 6.07) is 12.5. The highest BCUT2D eigenvalue weighted by Crippen LogP contribution is 2.30. The van der Waals surface area contributed by atoms with Crippen LogP contribution in [0.15, 0.2) is 47.4 Å². The average Bonchev–Trinajstić information content (AvgIpc) is 3.08. The Hall–Kier alpha value is -2.55. The molecule has 2 N–H and O–H groups in total. The summed E-state index contributed by atoms with van der Waals surface area (Å²) in [6.45, 7) is 10.3. The number of hydrogen-bond donors (Lipinski definition) is 2. The Morgan fingerprint density at radius 3 is 2.34 bits per heavy atom. The largest absolute Gasteiger partial charge is 0.478 e. The lowest BCUT2D eigenvalue weighted by Crippen LogP contribution is -2.26. The molecule has 0 amide bonds. The van der Waals surface area contributed by atoms with Crippen LogP contribution >= 0.6 is 11.3 Å². The number of nitrogens with one attached hydrogen (secondary N) is 1. The van der Waals surface area contributed by atoms with Crippen molar-refractivity contribution >= 4 is 27.3 Å². The molecule has 8 heteroatoms.